The quantitative estimate of drug-likeness (QED) is 0.857. The number of hydrogen-bond acceptors (Lipinski definition) is 2. The van der Waals surface area contributed by atoms with Gasteiger partial charge in [0.05, 0.1) is 11.4 Å². The van der Waals surface area contributed by atoms with E-state index in [1.54, 1.807) is 18.2 Å². The molecule has 0 saturated heterocycles. The minimum absolute atomic E-state index is 0.168. The smallest absolute Gasteiger partial charge is 0.234 e. The number of halogens is 1. The van der Waals surface area contributed by atoms with E-state index in [2.05, 4.69) is 5.32 Å². The van der Waals surface area contributed by atoms with Gasteiger partial charge in [-0.3, -0.25) is 4.79 Å². The second-order valence-electron chi connectivity index (χ2n) is 3.39. The first-order valence-corrected chi connectivity index (χ1v) is 5.80. The molecule has 0 spiro atoms. The zero-order valence-corrected chi connectivity index (χ0v) is 9.60. The first-order valence-electron chi connectivity index (χ1n) is 4.75. The van der Waals surface area contributed by atoms with Gasteiger partial charge in [0.25, 0.3) is 0 Å². The van der Waals surface area contributed by atoms with Crippen molar-refractivity contribution in [2.45, 2.75) is 19.1 Å². The van der Waals surface area contributed by atoms with Gasteiger partial charge < -0.3 is 5.32 Å². The van der Waals surface area contributed by atoms with Crippen LogP contribution in [0.4, 0.5) is 10.1 Å². The molecular formula is C11H14FNOS. The van der Waals surface area contributed by atoms with Crippen LogP contribution in [0.15, 0.2) is 24.3 Å². The molecule has 0 aromatic heterocycles. The molecule has 0 saturated carbocycles. The summed E-state index contributed by atoms with van der Waals surface area (Å²) in [4.78, 5) is 11.4. The Morgan fingerprint density at radius 3 is 2.73 bits per heavy atom. The van der Waals surface area contributed by atoms with Crippen LogP contribution in [0.1, 0.15) is 13.8 Å². The highest BCUT2D eigenvalue weighted by atomic mass is 32.2. The van der Waals surface area contributed by atoms with Crippen LogP contribution >= 0.6 is 11.8 Å². The van der Waals surface area contributed by atoms with Gasteiger partial charge >= 0.3 is 0 Å². The molecule has 0 fully saturated rings. The molecule has 1 aromatic rings. The lowest BCUT2D eigenvalue weighted by molar-refractivity contribution is -0.113. The van der Waals surface area contributed by atoms with E-state index in [0.29, 0.717) is 11.0 Å². The summed E-state index contributed by atoms with van der Waals surface area (Å²) in [5.41, 5.74) is 0.242. The number of benzene rings is 1. The first kappa shape index (κ1) is 12.0. The number of carbonyl (C=O) groups is 1. The molecule has 0 atom stereocenters. The van der Waals surface area contributed by atoms with Crippen molar-refractivity contribution in [3.8, 4) is 0 Å². The summed E-state index contributed by atoms with van der Waals surface area (Å²) in [6, 6.07) is 6.15. The van der Waals surface area contributed by atoms with Gasteiger partial charge in [0.15, 0.2) is 0 Å². The monoisotopic (exact) mass is 227 g/mol. The van der Waals surface area contributed by atoms with Crippen molar-refractivity contribution in [3.05, 3.63) is 30.1 Å². The van der Waals surface area contributed by atoms with Crippen molar-refractivity contribution in [1.29, 1.82) is 0 Å². The third-order valence-electron chi connectivity index (χ3n) is 1.70. The van der Waals surface area contributed by atoms with Crippen LogP contribution < -0.4 is 5.32 Å². The summed E-state index contributed by atoms with van der Waals surface area (Å²) in [5, 5.41) is 2.93. The minimum Gasteiger partial charge on any atom is -0.323 e. The van der Waals surface area contributed by atoms with Gasteiger partial charge in [0, 0.05) is 0 Å². The van der Waals surface area contributed by atoms with Gasteiger partial charge in [-0.25, -0.2) is 4.39 Å². The molecule has 0 unspecified atom stereocenters. The normalized spacial score (nSPS) is 10.4. The number of nitrogens with one attached hydrogen (secondary N) is 1. The van der Waals surface area contributed by atoms with E-state index in [9.17, 15) is 9.18 Å². The molecule has 0 bridgehead atoms. The Bertz CT molecular complexity index is 341. The van der Waals surface area contributed by atoms with Crippen molar-refractivity contribution >= 4 is 23.4 Å². The predicted molar refractivity (Wildman–Crippen MR) is 62.6 cm³/mol. The number of para-hydroxylation sites is 1. The van der Waals surface area contributed by atoms with E-state index >= 15 is 0 Å². The maximum absolute atomic E-state index is 13.1. The average Bonchev–Trinajstić information content (AvgIpc) is 2.18. The number of thioether (sulfide) groups is 1. The van der Waals surface area contributed by atoms with Gasteiger partial charge in [-0.2, -0.15) is 0 Å². The third kappa shape index (κ3) is 4.34. The maximum atomic E-state index is 13.1. The fourth-order valence-corrected chi connectivity index (χ4v) is 1.55. The molecule has 0 heterocycles. The molecule has 1 N–H and O–H groups in total. The highest BCUT2D eigenvalue weighted by Crippen LogP contribution is 2.14. The van der Waals surface area contributed by atoms with E-state index in [1.807, 2.05) is 13.8 Å². The Morgan fingerprint density at radius 1 is 1.47 bits per heavy atom. The molecule has 1 aromatic carbocycles. The molecule has 82 valence electrons. The van der Waals surface area contributed by atoms with Crippen molar-refractivity contribution in [2.75, 3.05) is 11.1 Å². The number of carbonyl (C=O) groups excluding carboxylic acids is 1. The molecule has 1 amide bonds. The summed E-state index contributed by atoms with van der Waals surface area (Å²) in [7, 11) is 0. The Balaban J connectivity index is 2.48. The topological polar surface area (TPSA) is 29.1 Å². The van der Waals surface area contributed by atoms with E-state index in [-0.39, 0.29) is 11.6 Å². The van der Waals surface area contributed by atoms with Crippen LogP contribution in [-0.4, -0.2) is 16.9 Å². The van der Waals surface area contributed by atoms with Crippen LogP contribution in [-0.2, 0) is 4.79 Å². The standard InChI is InChI=1S/C11H14FNOS/c1-8(2)15-7-11(14)13-10-6-4-3-5-9(10)12/h3-6,8H,7H2,1-2H3,(H,13,14). The Morgan fingerprint density at radius 2 is 2.13 bits per heavy atom. The Hall–Kier alpha value is -1.03. The summed E-state index contributed by atoms with van der Waals surface area (Å²) in [6.45, 7) is 4.03. The highest BCUT2D eigenvalue weighted by molar-refractivity contribution is 8.00. The van der Waals surface area contributed by atoms with Gasteiger partial charge in [-0.1, -0.05) is 26.0 Å². The first-order chi connectivity index (χ1) is 7.09. The number of hydrogen-bond donors (Lipinski definition) is 1. The lowest BCUT2D eigenvalue weighted by atomic mass is 10.3. The lowest BCUT2D eigenvalue weighted by Crippen LogP contribution is -2.16. The van der Waals surface area contributed by atoms with Gasteiger partial charge in [-0.05, 0) is 17.4 Å². The van der Waals surface area contributed by atoms with Crippen LogP contribution in [0, 0.1) is 5.82 Å². The van der Waals surface area contributed by atoms with Gasteiger partial charge in [0.1, 0.15) is 5.82 Å². The molecule has 0 aliphatic rings. The van der Waals surface area contributed by atoms with Gasteiger partial charge in [0.2, 0.25) is 5.91 Å². The van der Waals surface area contributed by atoms with E-state index in [0.717, 1.165) is 0 Å². The largest absolute Gasteiger partial charge is 0.323 e. The molecule has 15 heavy (non-hydrogen) atoms. The fraction of sp³-hybridized carbons (Fsp3) is 0.364. The van der Waals surface area contributed by atoms with Crippen molar-refractivity contribution < 1.29 is 9.18 Å². The number of amides is 1. The molecule has 1 rings (SSSR count). The maximum Gasteiger partial charge on any atom is 0.234 e. The molecule has 0 radical (unpaired) electrons. The molecule has 0 aliphatic heterocycles. The van der Waals surface area contributed by atoms with E-state index in [4.69, 9.17) is 0 Å². The minimum atomic E-state index is -0.402. The van der Waals surface area contributed by atoms with Gasteiger partial charge in [-0.15, -0.1) is 11.8 Å². The molecule has 2 nitrogen and oxygen atoms in total. The zero-order valence-electron chi connectivity index (χ0n) is 8.79. The zero-order chi connectivity index (χ0) is 11.3. The van der Waals surface area contributed by atoms with Crippen LogP contribution in [0.5, 0.6) is 0 Å². The third-order valence-corrected chi connectivity index (χ3v) is 2.79. The number of anilines is 1. The highest BCUT2D eigenvalue weighted by Gasteiger charge is 2.06. The van der Waals surface area contributed by atoms with E-state index < -0.39 is 5.82 Å². The Kier molecular flexibility index (Phi) is 4.62. The number of rotatable bonds is 4. The average molecular weight is 227 g/mol. The summed E-state index contributed by atoms with van der Waals surface area (Å²) in [5.74, 6) is -0.217. The SMILES string of the molecule is CC(C)SCC(=O)Nc1ccccc1F. The molecular weight excluding hydrogens is 213 g/mol. The Labute approximate surface area is 93.3 Å². The fourth-order valence-electron chi connectivity index (χ4n) is 0.991. The summed E-state index contributed by atoms with van der Waals surface area (Å²) >= 11 is 1.53. The second kappa shape index (κ2) is 5.75. The van der Waals surface area contributed by atoms with E-state index in [1.165, 1.54) is 17.8 Å². The van der Waals surface area contributed by atoms with Crippen LogP contribution in [0.25, 0.3) is 0 Å². The van der Waals surface area contributed by atoms with Crippen molar-refractivity contribution in [2.24, 2.45) is 0 Å². The summed E-state index contributed by atoms with van der Waals surface area (Å²) in [6.07, 6.45) is 0. The second-order valence-corrected chi connectivity index (χ2v) is 4.95. The lowest BCUT2D eigenvalue weighted by Gasteiger charge is -2.07. The van der Waals surface area contributed by atoms with Crippen LogP contribution in [0.3, 0.4) is 0 Å². The molecule has 4 heteroatoms. The van der Waals surface area contributed by atoms with Crippen molar-refractivity contribution in [1.82, 2.24) is 0 Å². The van der Waals surface area contributed by atoms with Crippen molar-refractivity contribution in [3.63, 3.8) is 0 Å². The molecule has 0 aliphatic carbocycles. The van der Waals surface area contributed by atoms with Crippen LogP contribution in [0.2, 0.25) is 0 Å². The summed E-state index contributed by atoms with van der Waals surface area (Å²) < 4.78 is 13.1. The predicted octanol–water partition coefficient (Wildman–Crippen LogP) is 2.91.